The minimum Gasteiger partial charge on any atom is -0.507 e. The number of nitrogens with zero attached hydrogens (tertiary/aromatic N) is 3. The molecule has 0 saturated heterocycles. The summed E-state index contributed by atoms with van der Waals surface area (Å²) in [6.45, 7) is 0. The Morgan fingerprint density at radius 2 is 1.89 bits per heavy atom. The molecule has 8 heteroatoms. The molecule has 0 aliphatic heterocycles. The first-order valence-corrected chi connectivity index (χ1v) is 9.04. The molecule has 28 heavy (non-hydrogen) atoms. The Morgan fingerprint density at radius 3 is 2.68 bits per heavy atom. The van der Waals surface area contributed by atoms with Crippen molar-refractivity contribution < 1.29 is 15.1 Å². The summed E-state index contributed by atoms with van der Waals surface area (Å²) in [6.07, 6.45) is 1.34. The Hall–Kier alpha value is -3.78. The Morgan fingerprint density at radius 1 is 1.07 bits per heavy atom. The van der Waals surface area contributed by atoms with Crippen LogP contribution in [0.4, 0.5) is 11.4 Å². The lowest BCUT2D eigenvalue weighted by molar-refractivity contribution is -0.385. The van der Waals surface area contributed by atoms with Gasteiger partial charge in [-0.05, 0) is 36.4 Å². The summed E-state index contributed by atoms with van der Waals surface area (Å²) in [5.41, 5.74) is 1.74. The molecule has 0 fully saturated rings. The number of nitro benzene ring substituents is 1. The molecule has 0 spiro atoms. The number of aromatic nitrogens is 1. The van der Waals surface area contributed by atoms with Gasteiger partial charge >= 0.3 is 5.69 Å². The monoisotopic (exact) mass is 391 g/mol. The van der Waals surface area contributed by atoms with E-state index in [9.17, 15) is 20.3 Å². The fraction of sp³-hybridized carbons (Fsp3) is 0. The molecule has 0 radical (unpaired) electrons. The van der Waals surface area contributed by atoms with Crippen LogP contribution >= 0.6 is 11.3 Å². The van der Waals surface area contributed by atoms with Crippen LogP contribution in [0.3, 0.4) is 0 Å². The molecule has 3 aromatic carbocycles. The van der Waals surface area contributed by atoms with Crippen LogP contribution in [0.5, 0.6) is 11.5 Å². The first-order valence-electron chi connectivity index (χ1n) is 8.22. The number of hydrogen-bond donors (Lipinski definition) is 2. The van der Waals surface area contributed by atoms with Crippen molar-refractivity contribution in [3.63, 3.8) is 0 Å². The van der Waals surface area contributed by atoms with Gasteiger partial charge in [-0.3, -0.25) is 15.1 Å². The molecule has 0 aliphatic rings. The standard InChI is InChI=1S/C20H13N3O4S/c24-17-9-8-13(21-11-12-4-3-6-16(19(12)25)23(26)27)10-14(17)20-22-15-5-1-2-7-18(15)28-20/h1-11,24-25H. The van der Waals surface area contributed by atoms with Gasteiger partial charge in [-0.25, -0.2) is 4.98 Å². The minimum atomic E-state index is -0.654. The zero-order valence-electron chi connectivity index (χ0n) is 14.3. The number of phenols is 2. The third-order valence-corrected chi connectivity index (χ3v) is 5.17. The number of rotatable bonds is 4. The van der Waals surface area contributed by atoms with E-state index in [4.69, 9.17) is 0 Å². The quantitative estimate of drug-likeness (QED) is 0.288. The van der Waals surface area contributed by atoms with Crippen LogP contribution in [-0.2, 0) is 0 Å². The zero-order valence-corrected chi connectivity index (χ0v) is 15.1. The highest BCUT2D eigenvalue weighted by Crippen LogP contribution is 2.37. The van der Waals surface area contributed by atoms with Gasteiger partial charge in [-0.1, -0.05) is 18.2 Å². The van der Waals surface area contributed by atoms with Gasteiger partial charge in [-0.2, -0.15) is 0 Å². The second-order valence-corrected chi connectivity index (χ2v) is 6.95. The molecule has 1 heterocycles. The second kappa shape index (κ2) is 7.09. The van der Waals surface area contributed by atoms with E-state index in [-0.39, 0.29) is 17.0 Å². The topological polar surface area (TPSA) is 109 Å². The number of nitro groups is 1. The Labute approximate surface area is 163 Å². The normalized spacial score (nSPS) is 11.3. The molecular weight excluding hydrogens is 378 g/mol. The average molecular weight is 391 g/mol. The zero-order chi connectivity index (χ0) is 19.7. The van der Waals surface area contributed by atoms with Crippen LogP contribution in [0.25, 0.3) is 20.8 Å². The van der Waals surface area contributed by atoms with Crippen molar-refractivity contribution in [1.82, 2.24) is 4.98 Å². The molecule has 4 aromatic rings. The van der Waals surface area contributed by atoms with Gasteiger partial charge in [0.1, 0.15) is 10.8 Å². The number of thiazole rings is 1. The maximum atomic E-state index is 10.9. The summed E-state index contributed by atoms with van der Waals surface area (Å²) in [6, 6.07) is 16.7. The van der Waals surface area contributed by atoms with Gasteiger partial charge in [0.05, 0.1) is 26.4 Å². The van der Waals surface area contributed by atoms with Crippen LogP contribution in [0, 0.1) is 10.1 Å². The predicted octanol–water partition coefficient (Wildman–Crippen LogP) is 5.03. The number of phenolic OH excluding ortho intramolecular Hbond substituents is 2. The number of hydrogen-bond acceptors (Lipinski definition) is 7. The van der Waals surface area contributed by atoms with Crippen LogP contribution in [0.15, 0.2) is 65.7 Å². The van der Waals surface area contributed by atoms with Crippen molar-refractivity contribution in [1.29, 1.82) is 0 Å². The van der Waals surface area contributed by atoms with Gasteiger partial charge in [-0.15, -0.1) is 11.3 Å². The lowest BCUT2D eigenvalue weighted by Gasteiger charge is -2.03. The van der Waals surface area contributed by atoms with Crippen molar-refractivity contribution in [3.8, 4) is 22.1 Å². The maximum absolute atomic E-state index is 10.9. The summed E-state index contributed by atoms with van der Waals surface area (Å²) in [7, 11) is 0. The fourth-order valence-corrected chi connectivity index (χ4v) is 3.70. The molecule has 0 saturated carbocycles. The largest absolute Gasteiger partial charge is 0.507 e. The third kappa shape index (κ3) is 3.28. The van der Waals surface area contributed by atoms with E-state index in [1.807, 2.05) is 24.3 Å². The van der Waals surface area contributed by atoms with Gasteiger partial charge < -0.3 is 10.2 Å². The SMILES string of the molecule is O=[N+]([O-])c1cccc(C=Nc2ccc(O)c(-c3nc4ccccc4s3)c2)c1O. The van der Waals surface area contributed by atoms with Crippen LogP contribution in [0.1, 0.15) is 5.56 Å². The lowest BCUT2D eigenvalue weighted by atomic mass is 10.1. The van der Waals surface area contributed by atoms with Crippen molar-refractivity contribution in [3.05, 3.63) is 76.3 Å². The summed E-state index contributed by atoms with van der Waals surface area (Å²) in [5, 5.41) is 31.8. The molecule has 0 aliphatic carbocycles. The highest BCUT2D eigenvalue weighted by atomic mass is 32.1. The molecule has 2 N–H and O–H groups in total. The number of benzene rings is 3. The Kier molecular flexibility index (Phi) is 4.46. The molecule has 1 aromatic heterocycles. The fourth-order valence-electron chi connectivity index (χ4n) is 2.71. The van der Waals surface area contributed by atoms with E-state index in [0.29, 0.717) is 16.3 Å². The van der Waals surface area contributed by atoms with Crippen molar-refractivity contribution in [2.24, 2.45) is 4.99 Å². The van der Waals surface area contributed by atoms with E-state index < -0.39 is 10.7 Å². The van der Waals surface area contributed by atoms with Gasteiger partial charge in [0.2, 0.25) is 5.75 Å². The molecule has 0 unspecified atom stereocenters. The van der Waals surface area contributed by atoms with Crippen molar-refractivity contribution >= 4 is 39.1 Å². The van der Waals surface area contributed by atoms with Crippen LogP contribution < -0.4 is 0 Å². The minimum absolute atomic E-state index is 0.0798. The highest BCUT2D eigenvalue weighted by Gasteiger charge is 2.15. The summed E-state index contributed by atoms with van der Waals surface area (Å²) in [4.78, 5) is 19.1. The molecule has 0 bridgehead atoms. The molecule has 138 valence electrons. The van der Waals surface area contributed by atoms with Gasteiger partial charge in [0, 0.05) is 17.8 Å². The lowest BCUT2D eigenvalue weighted by Crippen LogP contribution is -1.91. The first-order chi connectivity index (χ1) is 13.5. The molecule has 0 amide bonds. The van der Waals surface area contributed by atoms with Gasteiger partial charge in [0.15, 0.2) is 0 Å². The van der Waals surface area contributed by atoms with Crippen LogP contribution in [0.2, 0.25) is 0 Å². The van der Waals surface area contributed by atoms with Crippen molar-refractivity contribution in [2.75, 3.05) is 0 Å². The molecule has 0 atom stereocenters. The smallest absolute Gasteiger partial charge is 0.311 e. The number of fused-ring (bicyclic) bond motifs is 1. The maximum Gasteiger partial charge on any atom is 0.311 e. The summed E-state index contributed by atoms with van der Waals surface area (Å²) < 4.78 is 1.01. The van der Waals surface area contributed by atoms with E-state index >= 15 is 0 Å². The molecule has 4 rings (SSSR count). The van der Waals surface area contributed by atoms with E-state index in [0.717, 1.165) is 10.2 Å². The summed E-state index contributed by atoms with van der Waals surface area (Å²) in [5.74, 6) is -0.363. The van der Waals surface area contributed by atoms with E-state index in [2.05, 4.69) is 9.98 Å². The third-order valence-electron chi connectivity index (χ3n) is 4.10. The predicted molar refractivity (Wildman–Crippen MR) is 109 cm³/mol. The summed E-state index contributed by atoms with van der Waals surface area (Å²) >= 11 is 1.46. The Bertz CT molecular complexity index is 1200. The number of aromatic hydroxyl groups is 2. The first kappa shape index (κ1) is 17.6. The van der Waals surface area contributed by atoms with Crippen molar-refractivity contribution in [2.45, 2.75) is 0 Å². The van der Waals surface area contributed by atoms with Gasteiger partial charge in [0.25, 0.3) is 0 Å². The van der Waals surface area contributed by atoms with E-state index in [1.165, 1.54) is 41.8 Å². The average Bonchev–Trinajstić information content (AvgIpc) is 3.12. The number of aliphatic imine (C=N–C) groups is 1. The second-order valence-electron chi connectivity index (χ2n) is 5.92. The van der Waals surface area contributed by atoms with Crippen LogP contribution in [-0.4, -0.2) is 26.3 Å². The Balaban J connectivity index is 1.71. The molecular formula is C20H13N3O4S. The highest BCUT2D eigenvalue weighted by molar-refractivity contribution is 7.21. The molecule has 7 nitrogen and oxygen atoms in total. The van der Waals surface area contributed by atoms with E-state index in [1.54, 1.807) is 12.1 Å². The number of para-hydroxylation sites is 2.